The fourth-order valence-corrected chi connectivity index (χ4v) is 2.82. The van der Waals surface area contributed by atoms with Crippen LogP contribution in [0.4, 0.5) is 10.8 Å². The van der Waals surface area contributed by atoms with E-state index in [0.29, 0.717) is 16.7 Å². The van der Waals surface area contributed by atoms with Crippen LogP contribution in [0.1, 0.15) is 10.6 Å². The zero-order valence-corrected chi connectivity index (χ0v) is 11.0. The zero-order chi connectivity index (χ0) is 13.5. The fourth-order valence-electron chi connectivity index (χ4n) is 2.21. The Balaban J connectivity index is 1.92. The number of rotatable bonds is 1. The molecule has 3 aromatic rings. The van der Waals surface area contributed by atoms with E-state index in [1.54, 1.807) is 11.3 Å². The van der Waals surface area contributed by atoms with Gasteiger partial charge in [0.05, 0.1) is 5.52 Å². The third kappa shape index (κ3) is 1.56. The molecule has 4 rings (SSSR count). The Kier molecular flexibility index (Phi) is 2.39. The van der Waals surface area contributed by atoms with Crippen LogP contribution in [0.2, 0.25) is 0 Å². The molecule has 0 bridgehead atoms. The van der Waals surface area contributed by atoms with Gasteiger partial charge in [-0.3, -0.25) is 9.82 Å². The molecule has 0 radical (unpaired) electrons. The Morgan fingerprint density at radius 3 is 3.10 bits per heavy atom. The maximum Gasteiger partial charge on any atom is 0.237 e. The van der Waals surface area contributed by atoms with Crippen LogP contribution in [0.25, 0.3) is 10.9 Å². The highest BCUT2D eigenvalue weighted by Crippen LogP contribution is 2.40. The molecule has 3 heterocycles. The van der Waals surface area contributed by atoms with Crippen LogP contribution >= 0.6 is 11.3 Å². The predicted octanol–water partition coefficient (Wildman–Crippen LogP) is 2.54. The number of hydrogen-bond donors (Lipinski definition) is 0. The van der Waals surface area contributed by atoms with E-state index in [1.807, 2.05) is 30.3 Å². The molecule has 1 aromatic carbocycles. The Morgan fingerprint density at radius 1 is 1.30 bits per heavy atom. The van der Waals surface area contributed by atoms with E-state index in [2.05, 4.69) is 15.2 Å². The van der Waals surface area contributed by atoms with Gasteiger partial charge in [-0.15, -0.1) is 10.2 Å². The van der Waals surface area contributed by atoms with E-state index in [-0.39, 0.29) is 0 Å². The second-order valence-corrected chi connectivity index (χ2v) is 5.17. The van der Waals surface area contributed by atoms with Gasteiger partial charge in [0.15, 0.2) is 0 Å². The Morgan fingerprint density at radius 2 is 2.25 bits per heavy atom. The van der Waals surface area contributed by atoms with Crippen LogP contribution in [0.5, 0.6) is 0 Å². The second-order valence-electron chi connectivity index (χ2n) is 4.22. The van der Waals surface area contributed by atoms with E-state index in [9.17, 15) is 0 Å². The fraction of sp³-hybridized carbons (Fsp3) is 0.0769. The van der Waals surface area contributed by atoms with Gasteiger partial charge >= 0.3 is 0 Å². The molecule has 7 heteroatoms. The summed E-state index contributed by atoms with van der Waals surface area (Å²) in [7, 11) is 0. The Bertz CT molecular complexity index is 853. The first-order valence-corrected chi connectivity index (χ1v) is 6.72. The van der Waals surface area contributed by atoms with Crippen LogP contribution in [0, 0.1) is 11.3 Å². The maximum absolute atomic E-state index is 8.85. The van der Waals surface area contributed by atoms with Crippen molar-refractivity contribution >= 4 is 33.1 Å². The molecule has 1 aliphatic rings. The van der Waals surface area contributed by atoms with Crippen molar-refractivity contribution in [3.05, 3.63) is 41.0 Å². The standard InChI is InChI=1S/C13H7N5OS/c14-6-10-16-17-13(20-10)18-12-9(7-19-18)4-3-8-2-1-5-15-11(8)12/h1-5H,7H2. The first-order chi connectivity index (χ1) is 9.86. The average Bonchev–Trinajstić information content (AvgIpc) is 3.13. The predicted molar refractivity (Wildman–Crippen MR) is 73.3 cm³/mol. The first-order valence-electron chi connectivity index (χ1n) is 5.90. The van der Waals surface area contributed by atoms with Crippen molar-refractivity contribution < 1.29 is 4.84 Å². The second kappa shape index (κ2) is 4.23. The number of fused-ring (bicyclic) bond motifs is 3. The monoisotopic (exact) mass is 281 g/mol. The number of nitriles is 1. The number of aromatic nitrogens is 3. The minimum absolute atomic E-state index is 0.310. The summed E-state index contributed by atoms with van der Waals surface area (Å²) in [4.78, 5) is 10.1. The zero-order valence-electron chi connectivity index (χ0n) is 10.1. The molecule has 0 aliphatic carbocycles. The van der Waals surface area contributed by atoms with Crippen molar-refractivity contribution in [1.82, 2.24) is 15.2 Å². The Labute approximate surface area is 117 Å². The maximum atomic E-state index is 8.85. The van der Waals surface area contributed by atoms with Gasteiger partial charge in [-0.1, -0.05) is 29.5 Å². The smallest absolute Gasteiger partial charge is 0.237 e. The summed E-state index contributed by atoms with van der Waals surface area (Å²) in [5.74, 6) is 0. The van der Waals surface area contributed by atoms with E-state index >= 15 is 0 Å². The number of anilines is 2. The first kappa shape index (κ1) is 11.3. The van der Waals surface area contributed by atoms with Gasteiger partial charge in [-0.05, 0) is 6.07 Å². The molecule has 20 heavy (non-hydrogen) atoms. The molecule has 6 nitrogen and oxygen atoms in total. The van der Waals surface area contributed by atoms with Gasteiger partial charge in [-0.25, -0.2) is 0 Å². The summed E-state index contributed by atoms with van der Waals surface area (Å²) in [6.07, 6.45) is 1.75. The van der Waals surface area contributed by atoms with Crippen LogP contribution in [0.15, 0.2) is 30.5 Å². The van der Waals surface area contributed by atoms with Gasteiger partial charge in [-0.2, -0.15) is 10.3 Å². The van der Waals surface area contributed by atoms with E-state index in [0.717, 1.165) is 22.2 Å². The van der Waals surface area contributed by atoms with Crippen LogP contribution < -0.4 is 5.06 Å². The molecule has 0 saturated heterocycles. The van der Waals surface area contributed by atoms with E-state index in [1.165, 1.54) is 11.3 Å². The van der Waals surface area contributed by atoms with Crippen molar-refractivity contribution in [2.45, 2.75) is 6.61 Å². The molecule has 0 amide bonds. The van der Waals surface area contributed by atoms with Crippen molar-refractivity contribution in [3.63, 3.8) is 0 Å². The van der Waals surface area contributed by atoms with Gasteiger partial charge in [0.2, 0.25) is 10.1 Å². The highest BCUT2D eigenvalue weighted by atomic mass is 32.1. The Hall–Kier alpha value is -2.56. The van der Waals surface area contributed by atoms with Gasteiger partial charge in [0.25, 0.3) is 0 Å². The largest absolute Gasteiger partial charge is 0.261 e. The van der Waals surface area contributed by atoms with Gasteiger partial charge in [0.1, 0.15) is 18.4 Å². The van der Waals surface area contributed by atoms with Crippen molar-refractivity contribution in [2.75, 3.05) is 5.06 Å². The third-order valence-electron chi connectivity index (χ3n) is 3.07. The van der Waals surface area contributed by atoms with Crippen LogP contribution in [-0.2, 0) is 11.4 Å². The lowest BCUT2D eigenvalue weighted by molar-refractivity contribution is 0.145. The minimum atomic E-state index is 0.310. The highest BCUT2D eigenvalue weighted by molar-refractivity contribution is 7.15. The molecule has 0 atom stereocenters. The summed E-state index contributed by atoms with van der Waals surface area (Å²) < 4.78 is 0. The number of nitrogens with zero attached hydrogens (tertiary/aromatic N) is 5. The highest BCUT2D eigenvalue weighted by Gasteiger charge is 2.27. The summed E-state index contributed by atoms with van der Waals surface area (Å²) in [5.41, 5.74) is 2.78. The summed E-state index contributed by atoms with van der Waals surface area (Å²) >= 11 is 1.19. The molecule has 96 valence electrons. The molecule has 0 unspecified atom stereocenters. The molecule has 2 aromatic heterocycles. The lowest BCUT2D eigenvalue weighted by Gasteiger charge is -2.14. The summed E-state index contributed by atoms with van der Waals surface area (Å²) in [6.45, 7) is 0.462. The molecule has 0 spiro atoms. The van der Waals surface area contributed by atoms with Crippen molar-refractivity contribution in [2.24, 2.45) is 0 Å². The normalized spacial score (nSPS) is 13.4. The van der Waals surface area contributed by atoms with Crippen molar-refractivity contribution in [1.29, 1.82) is 5.26 Å². The summed E-state index contributed by atoms with van der Waals surface area (Å²) in [5, 5.41) is 20.1. The van der Waals surface area contributed by atoms with E-state index in [4.69, 9.17) is 10.1 Å². The minimum Gasteiger partial charge on any atom is -0.261 e. The lowest BCUT2D eigenvalue weighted by atomic mass is 10.1. The molecular weight excluding hydrogens is 274 g/mol. The quantitative estimate of drug-likeness (QED) is 0.682. The third-order valence-corrected chi connectivity index (χ3v) is 3.86. The summed E-state index contributed by atoms with van der Waals surface area (Å²) in [6, 6.07) is 9.92. The lowest BCUT2D eigenvalue weighted by Crippen LogP contribution is -2.11. The van der Waals surface area contributed by atoms with Gasteiger partial charge < -0.3 is 0 Å². The SMILES string of the molecule is N#Cc1nnc(N2OCc3ccc4cccnc4c32)s1. The topological polar surface area (TPSA) is 74.9 Å². The van der Waals surface area contributed by atoms with Crippen molar-refractivity contribution in [3.8, 4) is 6.07 Å². The van der Waals surface area contributed by atoms with Crippen LogP contribution in [0.3, 0.4) is 0 Å². The molecule has 0 N–H and O–H groups in total. The number of pyridine rings is 1. The number of hydrogen-bond acceptors (Lipinski definition) is 7. The molecule has 0 fully saturated rings. The average molecular weight is 281 g/mol. The van der Waals surface area contributed by atoms with Crippen LogP contribution in [-0.4, -0.2) is 15.2 Å². The molecule has 0 saturated carbocycles. The molecular formula is C13H7N5OS. The van der Waals surface area contributed by atoms with E-state index < -0.39 is 0 Å². The number of benzene rings is 1. The van der Waals surface area contributed by atoms with Gasteiger partial charge in [0, 0.05) is 17.1 Å². The molecule has 1 aliphatic heterocycles.